The SMILES string of the molecule is CN(c1cnccc1C(F)(F)F)c1c(Cl)ccc2c1CCNCC2C(CC(=O)[O-])C(=O)[O-]. The van der Waals surface area contributed by atoms with E-state index in [4.69, 9.17) is 11.6 Å². The minimum atomic E-state index is -4.64. The van der Waals surface area contributed by atoms with Gasteiger partial charge in [0.1, 0.15) is 0 Å². The second-order valence-corrected chi connectivity index (χ2v) is 7.88. The smallest absolute Gasteiger partial charge is 0.418 e. The number of aromatic nitrogens is 1. The predicted molar refractivity (Wildman–Crippen MR) is 106 cm³/mol. The number of hydrogen-bond donors (Lipinski definition) is 1. The molecule has 1 aromatic heterocycles. The van der Waals surface area contributed by atoms with Gasteiger partial charge in [0, 0.05) is 43.6 Å². The quantitative estimate of drug-likeness (QED) is 0.678. The number of nitrogens with zero attached hydrogens (tertiary/aromatic N) is 2. The molecule has 0 saturated heterocycles. The molecule has 172 valence electrons. The van der Waals surface area contributed by atoms with Gasteiger partial charge < -0.3 is 30.0 Å². The van der Waals surface area contributed by atoms with E-state index in [1.54, 1.807) is 6.07 Å². The molecule has 0 saturated carbocycles. The summed E-state index contributed by atoms with van der Waals surface area (Å²) in [7, 11) is 1.42. The second kappa shape index (κ2) is 9.33. The van der Waals surface area contributed by atoms with E-state index >= 15 is 0 Å². The van der Waals surface area contributed by atoms with Crippen molar-refractivity contribution in [2.24, 2.45) is 5.92 Å². The number of rotatable bonds is 6. The number of carboxylic acids is 2. The molecule has 3 rings (SSSR count). The minimum Gasteiger partial charge on any atom is -0.550 e. The van der Waals surface area contributed by atoms with Crippen LogP contribution in [0.25, 0.3) is 0 Å². The number of alkyl halides is 3. The Morgan fingerprint density at radius 2 is 2.03 bits per heavy atom. The molecular formula is C21H19ClF3N3O4-2. The third-order valence-electron chi connectivity index (χ3n) is 5.56. The fourth-order valence-electron chi connectivity index (χ4n) is 4.12. The monoisotopic (exact) mass is 469 g/mol. The number of anilines is 2. The lowest BCUT2D eigenvalue weighted by Gasteiger charge is -2.32. The van der Waals surface area contributed by atoms with E-state index < -0.39 is 41.9 Å². The maximum absolute atomic E-state index is 13.6. The average molecular weight is 470 g/mol. The number of halogens is 4. The molecule has 0 fully saturated rings. The standard InChI is InChI=1S/C21H21ClF3N3O4/c1-28(17-10-27-7-5-15(17)21(23,24)25)19-12-4-6-26-9-14(11(12)2-3-16(19)22)13(20(31)32)8-18(29)30/h2-3,5,7,10,13-14,26H,4,6,8-9H2,1H3,(H,29,30)(H,31,32)/p-2. The van der Waals surface area contributed by atoms with E-state index in [0.717, 1.165) is 18.5 Å². The number of carbonyl (C=O) groups is 2. The third-order valence-corrected chi connectivity index (χ3v) is 5.87. The molecule has 0 amide bonds. The molecule has 0 aliphatic carbocycles. The number of hydrogen-bond acceptors (Lipinski definition) is 7. The van der Waals surface area contributed by atoms with Gasteiger partial charge in [0.15, 0.2) is 0 Å². The zero-order valence-corrected chi connectivity index (χ0v) is 17.7. The van der Waals surface area contributed by atoms with Gasteiger partial charge in [-0.3, -0.25) is 4.98 Å². The van der Waals surface area contributed by atoms with Gasteiger partial charge in [0.25, 0.3) is 0 Å². The Morgan fingerprint density at radius 3 is 2.66 bits per heavy atom. The third kappa shape index (κ3) is 4.81. The topological polar surface area (TPSA) is 108 Å². The maximum Gasteiger partial charge on any atom is 0.418 e. The van der Waals surface area contributed by atoms with Crippen molar-refractivity contribution in [3.05, 3.63) is 52.3 Å². The molecule has 0 spiro atoms. The molecule has 11 heteroatoms. The molecule has 0 radical (unpaired) electrons. The predicted octanol–water partition coefficient (Wildman–Crippen LogP) is 1.26. The molecule has 1 aromatic carbocycles. The van der Waals surface area contributed by atoms with Gasteiger partial charge in [0.2, 0.25) is 0 Å². The first-order valence-electron chi connectivity index (χ1n) is 9.70. The van der Waals surface area contributed by atoms with Gasteiger partial charge in [0.05, 0.1) is 28.2 Å². The van der Waals surface area contributed by atoms with Gasteiger partial charge in [-0.25, -0.2) is 0 Å². The van der Waals surface area contributed by atoms with Crippen LogP contribution in [0.1, 0.15) is 29.0 Å². The van der Waals surface area contributed by atoms with E-state index in [0.29, 0.717) is 24.1 Å². The van der Waals surface area contributed by atoms with Crippen LogP contribution in [0.4, 0.5) is 24.5 Å². The summed E-state index contributed by atoms with van der Waals surface area (Å²) >= 11 is 6.40. The molecule has 2 aromatic rings. The van der Waals surface area contributed by atoms with Crippen LogP contribution in [-0.4, -0.2) is 37.1 Å². The molecule has 2 atom stereocenters. The summed E-state index contributed by atoms with van der Waals surface area (Å²) in [5.74, 6) is -5.30. The summed E-state index contributed by atoms with van der Waals surface area (Å²) in [5.41, 5.74) is 0.138. The number of aliphatic carboxylic acids is 2. The molecule has 0 bridgehead atoms. The number of carboxylic acid groups (broad SMARTS) is 2. The Balaban J connectivity index is 2.17. The molecular weight excluding hydrogens is 451 g/mol. The van der Waals surface area contributed by atoms with Crippen molar-refractivity contribution < 1.29 is 33.0 Å². The van der Waals surface area contributed by atoms with Crippen LogP contribution < -0.4 is 20.4 Å². The Labute approximate surface area is 186 Å². The Kier molecular flexibility index (Phi) is 6.94. The fraction of sp³-hybridized carbons (Fsp3) is 0.381. The fourth-order valence-corrected chi connectivity index (χ4v) is 4.42. The van der Waals surface area contributed by atoms with Crippen LogP contribution in [-0.2, 0) is 22.2 Å². The van der Waals surface area contributed by atoms with E-state index in [9.17, 15) is 33.0 Å². The van der Waals surface area contributed by atoms with Crippen molar-refractivity contribution >= 4 is 34.9 Å². The van der Waals surface area contributed by atoms with Crippen molar-refractivity contribution in [3.8, 4) is 0 Å². The molecule has 1 N–H and O–H groups in total. The summed E-state index contributed by atoms with van der Waals surface area (Å²) in [6.45, 7) is 0.527. The summed E-state index contributed by atoms with van der Waals surface area (Å²) in [4.78, 5) is 27.9. The van der Waals surface area contributed by atoms with E-state index in [1.165, 1.54) is 18.0 Å². The van der Waals surface area contributed by atoms with Crippen molar-refractivity contribution in [2.45, 2.75) is 24.9 Å². The highest BCUT2D eigenvalue weighted by Crippen LogP contribution is 2.44. The molecule has 2 heterocycles. The molecule has 1 aliphatic heterocycles. The number of pyridine rings is 1. The van der Waals surface area contributed by atoms with Crippen LogP contribution in [0.2, 0.25) is 5.02 Å². The lowest BCUT2D eigenvalue weighted by atomic mass is 9.81. The Hall–Kier alpha value is -2.85. The Bertz CT molecular complexity index is 1030. The normalized spacial score (nSPS) is 17.2. The zero-order valence-electron chi connectivity index (χ0n) is 16.9. The summed E-state index contributed by atoms with van der Waals surface area (Å²) in [5, 5.41) is 26.1. The van der Waals surface area contributed by atoms with Crippen molar-refractivity contribution in [2.75, 3.05) is 25.0 Å². The number of benzene rings is 1. The zero-order chi connectivity index (χ0) is 23.6. The number of carbonyl (C=O) groups excluding carboxylic acids is 2. The molecule has 1 aliphatic rings. The first-order valence-corrected chi connectivity index (χ1v) is 10.1. The first-order chi connectivity index (χ1) is 15.0. The van der Waals surface area contributed by atoms with Crippen molar-refractivity contribution in [3.63, 3.8) is 0 Å². The first kappa shape index (κ1) is 23.8. The average Bonchev–Trinajstić information content (AvgIpc) is 2.93. The second-order valence-electron chi connectivity index (χ2n) is 7.48. The number of nitrogens with one attached hydrogen (secondary N) is 1. The summed E-state index contributed by atoms with van der Waals surface area (Å²) in [6.07, 6.45) is -2.95. The number of fused-ring (bicyclic) bond motifs is 1. The van der Waals surface area contributed by atoms with Crippen LogP contribution in [0.15, 0.2) is 30.6 Å². The highest BCUT2D eigenvalue weighted by Gasteiger charge is 2.36. The van der Waals surface area contributed by atoms with Crippen LogP contribution in [0.3, 0.4) is 0 Å². The van der Waals surface area contributed by atoms with E-state index in [-0.39, 0.29) is 22.9 Å². The Morgan fingerprint density at radius 1 is 1.31 bits per heavy atom. The van der Waals surface area contributed by atoms with Gasteiger partial charge in [-0.05, 0) is 42.6 Å². The van der Waals surface area contributed by atoms with Gasteiger partial charge in [-0.15, -0.1) is 0 Å². The van der Waals surface area contributed by atoms with E-state index in [2.05, 4.69) is 10.3 Å². The van der Waals surface area contributed by atoms with Crippen molar-refractivity contribution in [1.29, 1.82) is 0 Å². The lowest BCUT2D eigenvalue weighted by Crippen LogP contribution is -2.41. The lowest BCUT2D eigenvalue weighted by molar-refractivity contribution is -0.321. The molecule has 7 nitrogen and oxygen atoms in total. The summed E-state index contributed by atoms with van der Waals surface area (Å²) in [6, 6.07) is 3.89. The van der Waals surface area contributed by atoms with Gasteiger partial charge in [-0.1, -0.05) is 17.7 Å². The highest BCUT2D eigenvalue weighted by molar-refractivity contribution is 6.33. The maximum atomic E-state index is 13.6. The summed E-state index contributed by atoms with van der Waals surface area (Å²) < 4.78 is 40.7. The van der Waals surface area contributed by atoms with Crippen molar-refractivity contribution in [1.82, 2.24) is 10.3 Å². The van der Waals surface area contributed by atoms with Crippen LogP contribution >= 0.6 is 11.6 Å². The van der Waals surface area contributed by atoms with Gasteiger partial charge in [-0.2, -0.15) is 13.2 Å². The molecule has 2 unspecified atom stereocenters. The largest absolute Gasteiger partial charge is 0.550 e. The van der Waals surface area contributed by atoms with Crippen LogP contribution in [0, 0.1) is 5.92 Å². The highest BCUT2D eigenvalue weighted by atomic mass is 35.5. The van der Waals surface area contributed by atoms with E-state index in [1.807, 2.05) is 0 Å². The van der Waals surface area contributed by atoms with Crippen LogP contribution in [0.5, 0.6) is 0 Å². The minimum absolute atomic E-state index is 0.143. The van der Waals surface area contributed by atoms with Gasteiger partial charge >= 0.3 is 6.18 Å². The molecule has 32 heavy (non-hydrogen) atoms.